The Morgan fingerprint density at radius 2 is 1.60 bits per heavy atom. The van der Waals surface area contributed by atoms with E-state index in [4.69, 9.17) is 4.74 Å². The summed E-state index contributed by atoms with van der Waals surface area (Å²) in [4.78, 5) is 18.6. The number of nitrogens with one attached hydrogen (secondary N) is 1. The predicted octanol–water partition coefficient (Wildman–Crippen LogP) is 4.79. The maximum Gasteiger partial charge on any atom is 0.412 e. The van der Waals surface area contributed by atoms with Crippen LogP contribution in [-0.2, 0) is 0 Å². The van der Waals surface area contributed by atoms with Gasteiger partial charge in [-0.1, -0.05) is 42.5 Å². The molecule has 156 valence electrons. The van der Waals surface area contributed by atoms with Gasteiger partial charge in [-0.15, -0.1) is 11.3 Å². The van der Waals surface area contributed by atoms with Crippen molar-refractivity contribution in [2.45, 2.75) is 19.0 Å². The van der Waals surface area contributed by atoms with Crippen LogP contribution in [0.1, 0.15) is 17.8 Å². The van der Waals surface area contributed by atoms with Crippen LogP contribution in [-0.4, -0.2) is 43.2 Å². The van der Waals surface area contributed by atoms with Crippen LogP contribution < -0.4 is 15.0 Å². The van der Waals surface area contributed by atoms with Gasteiger partial charge < -0.3 is 15.0 Å². The van der Waals surface area contributed by atoms with Gasteiger partial charge in [0.25, 0.3) is 0 Å². The van der Waals surface area contributed by atoms with Crippen molar-refractivity contribution in [1.82, 2.24) is 10.2 Å². The lowest BCUT2D eigenvalue weighted by Crippen LogP contribution is -2.52. The van der Waals surface area contributed by atoms with Crippen molar-refractivity contribution >= 4 is 23.1 Å². The van der Waals surface area contributed by atoms with E-state index in [1.54, 1.807) is 23.5 Å². The number of hydrogen-bond donors (Lipinski definition) is 1. The summed E-state index contributed by atoms with van der Waals surface area (Å²) < 4.78 is 5.44. The van der Waals surface area contributed by atoms with E-state index < -0.39 is 6.09 Å². The maximum atomic E-state index is 12.5. The van der Waals surface area contributed by atoms with Crippen LogP contribution in [0.2, 0.25) is 0 Å². The van der Waals surface area contributed by atoms with E-state index in [-0.39, 0.29) is 12.1 Å². The third-order valence-electron chi connectivity index (χ3n) is 5.44. The summed E-state index contributed by atoms with van der Waals surface area (Å²) in [5.74, 6) is 0.548. The Hall–Kier alpha value is -2.83. The highest BCUT2D eigenvalue weighted by Crippen LogP contribution is 2.30. The molecule has 1 aromatic heterocycles. The monoisotopic (exact) mass is 421 g/mol. The molecule has 5 nitrogen and oxygen atoms in total. The summed E-state index contributed by atoms with van der Waals surface area (Å²) in [7, 11) is 0. The lowest BCUT2D eigenvalue weighted by Gasteiger charge is -2.42. The lowest BCUT2D eigenvalue weighted by atomic mass is 10.0. The predicted molar refractivity (Wildman–Crippen MR) is 122 cm³/mol. The van der Waals surface area contributed by atoms with Gasteiger partial charge in [-0.2, -0.15) is 0 Å². The van der Waals surface area contributed by atoms with Crippen LogP contribution in [0, 0.1) is 0 Å². The fourth-order valence-electron chi connectivity index (χ4n) is 3.99. The zero-order valence-corrected chi connectivity index (χ0v) is 17.9. The molecule has 1 aliphatic heterocycles. The van der Waals surface area contributed by atoms with Gasteiger partial charge in [0.15, 0.2) is 0 Å². The molecule has 30 heavy (non-hydrogen) atoms. The zero-order valence-electron chi connectivity index (χ0n) is 17.1. The summed E-state index contributed by atoms with van der Waals surface area (Å²) >= 11 is 1.73. The van der Waals surface area contributed by atoms with Gasteiger partial charge in [-0.25, -0.2) is 4.79 Å². The molecular weight excluding hydrogens is 394 g/mol. The second-order valence-electron chi connectivity index (χ2n) is 7.45. The molecule has 0 spiro atoms. The molecule has 2 heterocycles. The van der Waals surface area contributed by atoms with Gasteiger partial charge in [0.05, 0.1) is 6.04 Å². The largest absolute Gasteiger partial charge is 0.412 e. The van der Waals surface area contributed by atoms with Crippen molar-refractivity contribution in [2.24, 2.45) is 0 Å². The molecule has 2 atom stereocenters. The first-order chi connectivity index (χ1) is 14.7. The first-order valence-electron chi connectivity index (χ1n) is 10.3. The molecule has 1 N–H and O–H groups in total. The number of carbonyl (C=O) groups excluding carboxylic acids is 1. The smallest absolute Gasteiger partial charge is 0.410 e. The zero-order chi connectivity index (χ0) is 20.8. The SMILES string of the molecule is C[C@H](NC(=O)Oc1ccccc1)[C@@H](c1cccs1)N1CCN(c2ccccc2)CC1. The highest BCUT2D eigenvalue weighted by Gasteiger charge is 2.31. The fourth-order valence-corrected chi connectivity index (χ4v) is 4.95. The van der Waals surface area contributed by atoms with Gasteiger partial charge in [-0.05, 0) is 42.6 Å². The molecule has 0 aliphatic carbocycles. The quantitative estimate of drug-likeness (QED) is 0.622. The highest BCUT2D eigenvalue weighted by atomic mass is 32.1. The average molecular weight is 422 g/mol. The Morgan fingerprint density at radius 3 is 2.23 bits per heavy atom. The summed E-state index contributed by atoms with van der Waals surface area (Å²) in [6, 6.07) is 24.0. The molecule has 6 heteroatoms. The van der Waals surface area contributed by atoms with Gasteiger partial charge >= 0.3 is 6.09 Å². The van der Waals surface area contributed by atoms with Crippen LogP contribution in [0.25, 0.3) is 0 Å². The van der Waals surface area contributed by atoms with Gasteiger partial charge in [0.2, 0.25) is 0 Å². The van der Waals surface area contributed by atoms with Crippen molar-refractivity contribution < 1.29 is 9.53 Å². The van der Waals surface area contributed by atoms with E-state index in [9.17, 15) is 4.79 Å². The number of benzene rings is 2. The van der Waals surface area contributed by atoms with Crippen molar-refractivity contribution in [3.8, 4) is 5.75 Å². The lowest BCUT2D eigenvalue weighted by molar-refractivity contribution is 0.146. The van der Waals surface area contributed by atoms with Crippen LogP contribution in [0.5, 0.6) is 5.75 Å². The fraction of sp³-hybridized carbons (Fsp3) is 0.292. The van der Waals surface area contributed by atoms with E-state index in [0.717, 1.165) is 26.2 Å². The minimum atomic E-state index is -0.418. The van der Waals surface area contributed by atoms with E-state index in [0.29, 0.717) is 5.75 Å². The van der Waals surface area contributed by atoms with E-state index in [2.05, 4.69) is 69.9 Å². The Bertz CT molecular complexity index is 910. The normalized spacial score (nSPS) is 16.6. The molecular formula is C24H27N3O2S. The number of amides is 1. The van der Waals surface area contributed by atoms with Crippen molar-refractivity contribution in [3.63, 3.8) is 0 Å². The molecule has 0 unspecified atom stereocenters. The molecule has 2 aromatic carbocycles. The average Bonchev–Trinajstić information content (AvgIpc) is 3.30. The summed E-state index contributed by atoms with van der Waals surface area (Å²) in [6.45, 7) is 5.87. The molecule has 1 aliphatic rings. The molecule has 3 aromatic rings. The van der Waals surface area contributed by atoms with Gasteiger partial charge in [-0.3, -0.25) is 4.90 Å². The van der Waals surface area contributed by atoms with Crippen molar-refractivity contribution in [3.05, 3.63) is 83.1 Å². The number of anilines is 1. The highest BCUT2D eigenvalue weighted by molar-refractivity contribution is 7.10. The second kappa shape index (κ2) is 9.78. The first kappa shape index (κ1) is 20.4. The summed E-state index contributed by atoms with van der Waals surface area (Å²) in [5, 5.41) is 5.14. The number of carbonyl (C=O) groups is 1. The van der Waals surface area contributed by atoms with Crippen LogP contribution in [0.3, 0.4) is 0 Å². The molecule has 0 bridgehead atoms. The third kappa shape index (κ3) is 5.01. The van der Waals surface area contributed by atoms with E-state index in [1.165, 1.54) is 10.6 Å². The number of piperazine rings is 1. The third-order valence-corrected chi connectivity index (χ3v) is 6.38. The molecule has 4 rings (SSSR count). The molecule has 1 fully saturated rings. The molecule has 1 amide bonds. The van der Waals surface area contributed by atoms with Crippen molar-refractivity contribution in [2.75, 3.05) is 31.1 Å². The number of para-hydroxylation sites is 2. The van der Waals surface area contributed by atoms with Gasteiger partial charge in [0.1, 0.15) is 5.75 Å². The standard InChI is InChI=1S/C24H27N3O2S/c1-19(25-24(28)29-21-11-6-3-7-12-21)23(22-13-8-18-30-22)27-16-14-26(15-17-27)20-9-4-2-5-10-20/h2-13,18-19,23H,14-17H2,1H3,(H,25,28)/t19-,23-/m0/s1. The topological polar surface area (TPSA) is 44.8 Å². The van der Waals surface area contributed by atoms with E-state index >= 15 is 0 Å². The molecule has 1 saturated heterocycles. The Kier molecular flexibility index (Phi) is 6.67. The molecule has 0 radical (unpaired) electrons. The van der Waals surface area contributed by atoms with Gasteiger partial charge in [0, 0.05) is 42.8 Å². The van der Waals surface area contributed by atoms with Crippen LogP contribution in [0.15, 0.2) is 78.2 Å². The van der Waals surface area contributed by atoms with Crippen LogP contribution in [0.4, 0.5) is 10.5 Å². The second-order valence-corrected chi connectivity index (χ2v) is 8.43. The summed E-state index contributed by atoms with van der Waals surface area (Å²) in [6.07, 6.45) is -0.418. The molecule has 0 saturated carbocycles. The summed E-state index contributed by atoms with van der Waals surface area (Å²) in [5.41, 5.74) is 1.27. The number of ether oxygens (including phenoxy) is 1. The Labute approximate surface area is 181 Å². The Balaban J connectivity index is 1.41. The minimum absolute atomic E-state index is 0.0804. The Morgan fingerprint density at radius 1 is 0.933 bits per heavy atom. The van der Waals surface area contributed by atoms with E-state index in [1.807, 2.05) is 18.2 Å². The van der Waals surface area contributed by atoms with Crippen molar-refractivity contribution in [1.29, 1.82) is 0 Å². The number of thiophene rings is 1. The maximum absolute atomic E-state index is 12.5. The first-order valence-corrected chi connectivity index (χ1v) is 11.2. The van der Waals surface area contributed by atoms with Crippen LogP contribution >= 0.6 is 11.3 Å². The number of hydrogen-bond acceptors (Lipinski definition) is 5. The minimum Gasteiger partial charge on any atom is -0.410 e. The number of rotatable bonds is 6. The number of nitrogens with zero attached hydrogens (tertiary/aromatic N) is 2.